The molecule has 0 heterocycles. The van der Waals surface area contributed by atoms with E-state index >= 15 is 0 Å². The van der Waals surface area contributed by atoms with Crippen LogP contribution in [0.15, 0.2) is 24.3 Å². The van der Waals surface area contributed by atoms with E-state index in [2.05, 4.69) is 0 Å². The van der Waals surface area contributed by atoms with Gasteiger partial charge in [0, 0.05) is 0 Å². The molecule has 1 nitrogen and oxygen atoms in total. The van der Waals surface area contributed by atoms with Crippen molar-refractivity contribution in [1.82, 2.24) is 0 Å². The van der Waals surface area contributed by atoms with Gasteiger partial charge < -0.3 is 4.74 Å². The van der Waals surface area contributed by atoms with Crippen LogP contribution >= 0.6 is 0 Å². The van der Waals surface area contributed by atoms with Crippen molar-refractivity contribution < 1.29 is 26.7 Å². The lowest BCUT2D eigenvalue weighted by Gasteiger charge is -2.04. The van der Waals surface area contributed by atoms with E-state index in [4.69, 9.17) is 4.74 Å². The van der Waals surface area contributed by atoms with E-state index in [9.17, 15) is 22.0 Å². The lowest BCUT2D eigenvalue weighted by atomic mass is 10.1. The molecule has 0 saturated heterocycles. The molecule has 2 aromatic rings. The van der Waals surface area contributed by atoms with Crippen LogP contribution in [0.25, 0.3) is 12.2 Å². The topological polar surface area (TPSA) is 9.23 Å². The number of halogens is 5. The van der Waals surface area contributed by atoms with Crippen molar-refractivity contribution in [3.63, 3.8) is 0 Å². The van der Waals surface area contributed by atoms with Crippen molar-refractivity contribution >= 4 is 12.2 Å². The highest BCUT2D eigenvalue weighted by molar-refractivity contribution is 5.70. The van der Waals surface area contributed by atoms with Gasteiger partial charge in [0.1, 0.15) is 5.75 Å². The summed E-state index contributed by atoms with van der Waals surface area (Å²) >= 11 is 0. The maximum Gasteiger partial charge on any atom is 0.200 e. The molecule has 0 N–H and O–H groups in total. The van der Waals surface area contributed by atoms with Crippen molar-refractivity contribution in [3.8, 4) is 5.75 Å². The van der Waals surface area contributed by atoms with Crippen LogP contribution in [0.3, 0.4) is 0 Å². The third-order valence-corrected chi connectivity index (χ3v) is 2.78. The first kappa shape index (κ1) is 15.0. The van der Waals surface area contributed by atoms with Gasteiger partial charge in [0.15, 0.2) is 23.3 Å². The van der Waals surface area contributed by atoms with Crippen LogP contribution in [0.5, 0.6) is 5.75 Å². The molecule has 21 heavy (non-hydrogen) atoms. The Labute approximate surface area is 117 Å². The molecule has 0 aliphatic rings. The van der Waals surface area contributed by atoms with Crippen molar-refractivity contribution in [3.05, 3.63) is 64.5 Å². The normalized spacial score (nSPS) is 11.1. The summed E-state index contributed by atoms with van der Waals surface area (Å²) in [6.45, 7) is 0. The lowest BCUT2D eigenvalue weighted by Crippen LogP contribution is -2.03. The molecule has 0 spiro atoms. The zero-order chi connectivity index (χ0) is 15.6. The van der Waals surface area contributed by atoms with Crippen molar-refractivity contribution in [2.24, 2.45) is 0 Å². The highest BCUT2D eigenvalue weighted by atomic mass is 19.2. The second kappa shape index (κ2) is 5.95. The molecule has 0 unspecified atom stereocenters. The summed E-state index contributed by atoms with van der Waals surface area (Å²) in [7, 11) is 1.44. The van der Waals surface area contributed by atoms with Crippen LogP contribution in [-0.2, 0) is 0 Å². The number of ether oxygens (including phenoxy) is 1. The molecule has 2 rings (SSSR count). The summed E-state index contributed by atoms with van der Waals surface area (Å²) in [5.74, 6) is -9.37. The summed E-state index contributed by atoms with van der Waals surface area (Å²) in [6.07, 6.45) is 2.05. The van der Waals surface area contributed by atoms with Crippen molar-refractivity contribution in [2.45, 2.75) is 0 Å². The van der Waals surface area contributed by atoms with Crippen molar-refractivity contribution in [1.29, 1.82) is 0 Å². The number of hydrogen-bond acceptors (Lipinski definition) is 1. The van der Waals surface area contributed by atoms with Gasteiger partial charge in [-0.15, -0.1) is 0 Å². The molecule has 0 aliphatic heterocycles. The van der Waals surface area contributed by atoms with E-state index in [0.717, 1.165) is 6.08 Å². The van der Waals surface area contributed by atoms with Gasteiger partial charge in [0.05, 0.1) is 12.7 Å². The predicted octanol–water partition coefficient (Wildman–Crippen LogP) is 4.56. The predicted molar refractivity (Wildman–Crippen MR) is 68.2 cm³/mol. The number of benzene rings is 2. The molecule has 110 valence electrons. The van der Waals surface area contributed by atoms with Crippen LogP contribution in [0.4, 0.5) is 22.0 Å². The van der Waals surface area contributed by atoms with Crippen LogP contribution in [0.2, 0.25) is 0 Å². The highest BCUT2D eigenvalue weighted by Gasteiger charge is 2.24. The lowest BCUT2D eigenvalue weighted by molar-refractivity contribution is 0.377. The van der Waals surface area contributed by atoms with E-state index in [1.165, 1.54) is 13.2 Å². The average Bonchev–Trinajstić information content (AvgIpc) is 2.51. The fraction of sp³-hybridized carbons (Fsp3) is 0.0667. The van der Waals surface area contributed by atoms with Crippen LogP contribution in [0, 0.1) is 29.1 Å². The van der Waals surface area contributed by atoms with Gasteiger partial charge in [-0.05, 0) is 23.8 Å². The summed E-state index contributed by atoms with van der Waals surface area (Å²) in [5, 5.41) is 0. The molecule has 0 bridgehead atoms. The standard InChI is InChI=1S/C15H9F5O/c1-21-9-4-2-3-8(7-9)5-6-10-11(16)13(18)15(20)14(19)12(10)17/h2-7H,1H3/b6-5+. The van der Waals surface area contributed by atoms with Gasteiger partial charge in [-0.2, -0.15) is 0 Å². The van der Waals surface area contributed by atoms with E-state index in [0.29, 0.717) is 11.3 Å². The highest BCUT2D eigenvalue weighted by Crippen LogP contribution is 2.25. The minimum absolute atomic E-state index is 0.485. The molecule has 0 saturated carbocycles. The Balaban J connectivity index is 2.46. The fourth-order valence-electron chi connectivity index (χ4n) is 1.69. The molecule has 2 aromatic carbocycles. The molecular weight excluding hydrogens is 291 g/mol. The third-order valence-electron chi connectivity index (χ3n) is 2.78. The first-order chi connectivity index (χ1) is 9.95. The molecule has 0 radical (unpaired) electrons. The van der Waals surface area contributed by atoms with Crippen molar-refractivity contribution in [2.75, 3.05) is 7.11 Å². The van der Waals surface area contributed by atoms with Gasteiger partial charge in [-0.1, -0.05) is 18.2 Å². The smallest absolute Gasteiger partial charge is 0.200 e. The Morgan fingerprint density at radius 1 is 0.810 bits per heavy atom. The third kappa shape index (κ3) is 2.89. The Bertz CT molecular complexity index is 680. The first-order valence-corrected chi connectivity index (χ1v) is 5.79. The summed E-state index contributed by atoms with van der Waals surface area (Å²) in [6, 6.07) is 6.40. The molecular formula is C15H9F5O. The Morgan fingerprint density at radius 2 is 1.38 bits per heavy atom. The number of hydrogen-bond donors (Lipinski definition) is 0. The van der Waals surface area contributed by atoms with E-state index in [1.807, 2.05) is 0 Å². The minimum atomic E-state index is -2.18. The van der Waals surface area contributed by atoms with Gasteiger partial charge in [-0.25, -0.2) is 22.0 Å². The average molecular weight is 300 g/mol. The van der Waals surface area contributed by atoms with Gasteiger partial charge >= 0.3 is 0 Å². The Morgan fingerprint density at radius 3 is 1.95 bits per heavy atom. The molecule has 6 heteroatoms. The Kier molecular flexibility index (Phi) is 4.26. The number of rotatable bonds is 3. The van der Waals surface area contributed by atoms with Crippen LogP contribution in [0.1, 0.15) is 11.1 Å². The molecule has 0 aliphatic carbocycles. The quantitative estimate of drug-likeness (QED) is 0.349. The monoisotopic (exact) mass is 300 g/mol. The van der Waals surface area contributed by atoms with E-state index in [-0.39, 0.29) is 0 Å². The maximum atomic E-state index is 13.5. The molecule has 0 aromatic heterocycles. The molecule has 0 amide bonds. The van der Waals surface area contributed by atoms with Crippen LogP contribution in [-0.4, -0.2) is 7.11 Å². The SMILES string of the molecule is COc1cccc(/C=C/c2c(F)c(F)c(F)c(F)c2F)c1. The van der Waals surface area contributed by atoms with Gasteiger partial charge in [0.25, 0.3) is 0 Å². The summed E-state index contributed by atoms with van der Waals surface area (Å²) < 4.78 is 70.8. The minimum Gasteiger partial charge on any atom is -0.497 e. The van der Waals surface area contributed by atoms with Gasteiger partial charge in [0.2, 0.25) is 5.82 Å². The maximum absolute atomic E-state index is 13.5. The number of methoxy groups -OCH3 is 1. The second-order valence-electron chi connectivity index (χ2n) is 4.09. The summed E-state index contributed by atoms with van der Waals surface area (Å²) in [5.41, 5.74) is -0.507. The van der Waals surface area contributed by atoms with Gasteiger partial charge in [-0.3, -0.25) is 0 Å². The largest absolute Gasteiger partial charge is 0.497 e. The first-order valence-electron chi connectivity index (χ1n) is 5.79. The molecule has 0 fully saturated rings. The Hall–Kier alpha value is -2.37. The van der Waals surface area contributed by atoms with E-state index < -0.39 is 34.6 Å². The van der Waals surface area contributed by atoms with Crippen LogP contribution < -0.4 is 4.74 Å². The second-order valence-corrected chi connectivity index (χ2v) is 4.09. The van der Waals surface area contributed by atoms with E-state index in [1.54, 1.807) is 24.3 Å². The zero-order valence-electron chi connectivity index (χ0n) is 10.8. The summed E-state index contributed by atoms with van der Waals surface area (Å²) in [4.78, 5) is 0. The zero-order valence-corrected chi connectivity index (χ0v) is 10.8. The molecule has 0 atom stereocenters. The fourth-order valence-corrected chi connectivity index (χ4v) is 1.69.